The minimum atomic E-state index is -3.49. The second-order valence-electron chi connectivity index (χ2n) is 7.93. The molecule has 3 rings (SSSR count). The third-order valence-corrected chi connectivity index (χ3v) is 7.49. The number of sulfonamides is 1. The summed E-state index contributed by atoms with van der Waals surface area (Å²) in [5, 5.41) is 3.10. The maximum Gasteiger partial charge on any atom is 0.243 e. The van der Waals surface area contributed by atoms with Crippen LogP contribution in [0.3, 0.4) is 0 Å². The van der Waals surface area contributed by atoms with Crippen molar-refractivity contribution in [3.05, 3.63) is 65.7 Å². The van der Waals surface area contributed by atoms with Crippen LogP contribution in [0.25, 0.3) is 0 Å². The SMILES string of the molecule is Cc1ccc(S(=O)(=O)N2CCC(C(=O)N[C@@H](C)CCc3ccccc3)CC2)cc1. The number of nitrogens with zero attached hydrogens (tertiary/aromatic N) is 1. The van der Waals surface area contributed by atoms with Gasteiger partial charge in [-0.3, -0.25) is 4.79 Å². The number of amides is 1. The van der Waals surface area contributed by atoms with E-state index in [1.54, 1.807) is 12.1 Å². The number of hydrogen-bond donors (Lipinski definition) is 1. The van der Waals surface area contributed by atoms with Gasteiger partial charge in [-0.15, -0.1) is 0 Å². The molecular formula is C23H30N2O3S. The molecular weight excluding hydrogens is 384 g/mol. The number of piperidine rings is 1. The molecule has 156 valence electrons. The van der Waals surface area contributed by atoms with Gasteiger partial charge in [-0.2, -0.15) is 4.31 Å². The van der Waals surface area contributed by atoms with Gasteiger partial charge in [0.1, 0.15) is 0 Å². The molecule has 1 atom stereocenters. The van der Waals surface area contributed by atoms with Crippen LogP contribution in [0.1, 0.15) is 37.3 Å². The Kier molecular flexibility index (Phi) is 7.09. The summed E-state index contributed by atoms with van der Waals surface area (Å²) in [5.74, 6) is -0.0865. The van der Waals surface area contributed by atoms with E-state index < -0.39 is 10.0 Å². The second-order valence-corrected chi connectivity index (χ2v) is 9.86. The molecule has 0 aliphatic carbocycles. The van der Waals surface area contributed by atoms with E-state index in [0.29, 0.717) is 30.8 Å². The molecule has 5 nitrogen and oxygen atoms in total. The lowest BCUT2D eigenvalue weighted by atomic mass is 9.96. The predicted molar refractivity (Wildman–Crippen MR) is 115 cm³/mol. The van der Waals surface area contributed by atoms with Crippen molar-refractivity contribution in [2.45, 2.75) is 50.5 Å². The van der Waals surface area contributed by atoms with E-state index in [9.17, 15) is 13.2 Å². The van der Waals surface area contributed by atoms with Crippen molar-refractivity contribution in [3.8, 4) is 0 Å². The van der Waals surface area contributed by atoms with Crippen molar-refractivity contribution in [3.63, 3.8) is 0 Å². The second kappa shape index (κ2) is 9.55. The number of rotatable bonds is 7. The van der Waals surface area contributed by atoms with E-state index in [-0.39, 0.29) is 17.9 Å². The number of carbonyl (C=O) groups is 1. The van der Waals surface area contributed by atoms with Crippen molar-refractivity contribution in [1.29, 1.82) is 0 Å². The fraction of sp³-hybridized carbons (Fsp3) is 0.435. The standard InChI is InChI=1S/C23H30N2O3S/c1-18-8-12-22(13-9-18)29(27,28)25-16-14-21(15-17-25)23(26)24-19(2)10-11-20-6-4-3-5-7-20/h3-9,12-13,19,21H,10-11,14-17H2,1-2H3,(H,24,26)/t19-/m0/s1. The Balaban J connectivity index is 1.48. The van der Waals surface area contributed by atoms with Gasteiger partial charge in [-0.25, -0.2) is 8.42 Å². The zero-order chi connectivity index (χ0) is 20.9. The van der Waals surface area contributed by atoms with Crippen LogP contribution >= 0.6 is 0 Å². The summed E-state index contributed by atoms with van der Waals surface area (Å²) in [7, 11) is -3.49. The molecule has 1 N–H and O–H groups in total. The van der Waals surface area contributed by atoms with E-state index in [2.05, 4.69) is 17.4 Å². The summed E-state index contributed by atoms with van der Waals surface area (Å²) >= 11 is 0. The fourth-order valence-corrected chi connectivity index (χ4v) is 5.15. The zero-order valence-corrected chi connectivity index (χ0v) is 18.0. The Labute approximate surface area is 174 Å². The van der Waals surface area contributed by atoms with E-state index in [1.165, 1.54) is 9.87 Å². The van der Waals surface area contributed by atoms with Crippen molar-refractivity contribution in [1.82, 2.24) is 9.62 Å². The van der Waals surface area contributed by atoms with Crippen molar-refractivity contribution < 1.29 is 13.2 Å². The highest BCUT2D eigenvalue weighted by atomic mass is 32.2. The van der Waals surface area contributed by atoms with Gasteiger partial charge in [0, 0.05) is 25.0 Å². The summed E-state index contributed by atoms with van der Waals surface area (Å²) in [6.07, 6.45) is 2.93. The first-order valence-corrected chi connectivity index (χ1v) is 11.7. The van der Waals surface area contributed by atoms with Gasteiger partial charge in [0.15, 0.2) is 0 Å². The summed E-state index contributed by atoms with van der Waals surface area (Å²) in [6, 6.07) is 17.3. The van der Waals surface area contributed by atoms with Gasteiger partial charge < -0.3 is 5.32 Å². The van der Waals surface area contributed by atoms with Crippen LogP contribution in [0.15, 0.2) is 59.5 Å². The third-order valence-electron chi connectivity index (χ3n) is 5.58. The Morgan fingerprint density at radius 1 is 1.07 bits per heavy atom. The minimum Gasteiger partial charge on any atom is -0.353 e. The van der Waals surface area contributed by atoms with E-state index >= 15 is 0 Å². The average Bonchev–Trinajstić information content (AvgIpc) is 2.73. The molecule has 0 radical (unpaired) electrons. The third kappa shape index (κ3) is 5.67. The molecule has 0 aromatic heterocycles. The summed E-state index contributed by atoms with van der Waals surface area (Å²) in [4.78, 5) is 12.9. The van der Waals surface area contributed by atoms with Crippen LogP contribution in [0.2, 0.25) is 0 Å². The summed E-state index contributed by atoms with van der Waals surface area (Å²) in [5.41, 5.74) is 2.30. The molecule has 29 heavy (non-hydrogen) atoms. The Morgan fingerprint density at radius 3 is 2.31 bits per heavy atom. The van der Waals surface area contributed by atoms with E-state index in [0.717, 1.165) is 18.4 Å². The molecule has 0 saturated carbocycles. The number of aryl methyl sites for hydroxylation is 2. The number of carbonyl (C=O) groups excluding carboxylic acids is 1. The molecule has 0 unspecified atom stereocenters. The van der Waals surface area contributed by atoms with Gasteiger partial charge in [-0.1, -0.05) is 48.0 Å². The van der Waals surface area contributed by atoms with Gasteiger partial charge >= 0.3 is 0 Å². The van der Waals surface area contributed by atoms with Crippen molar-refractivity contribution in [2.75, 3.05) is 13.1 Å². The van der Waals surface area contributed by atoms with E-state index in [4.69, 9.17) is 0 Å². The van der Waals surface area contributed by atoms with Gasteiger partial charge in [-0.05, 0) is 57.2 Å². The lowest BCUT2D eigenvalue weighted by Gasteiger charge is -2.31. The fourth-order valence-electron chi connectivity index (χ4n) is 3.68. The molecule has 0 bridgehead atoms. The lowest BCUT2D eigenvalue weighted by Crippen LogP contribution is -2.44. The van der Waals surface area contributed by atoms with Crippen molar-refractivity contribution >= 4 is 15.9 Å². The normalized spacial score (nSPS) is 17.0. The molecule has 6 heteroatoms. The molecule has 1 amide bonds. The zero-order valence-electron chi connectivity index (χ0n) is 17.2. The Morgan fingerprint density at radius 2 is 1.69 bits per heavy atom. The largest absolute Gasteiger partial charge is 0.353 e. The average molecular weight is 415 g/mol. The molecule has 1 aliphatic heterocycles. The maximum atomic E-state index is 12.8. The molecule has 2 aromatic carbocycles. The molecule has 1 saturated heterocycles. The number of benzene rings is 2. The summed E-state index contributed by atoms with van der Waals surface area (Å²) in [6.45, 7) is 4.72. The molecule has 1 heterocycles. The van der Waals surface area contributed by atoms with Crippen LogP contribution in [-0.4, -0.2) is 37.8 Å². The Bertz CT molecular complexity index is 903. The topological polar surface area (TPSA) is 66.5 Å². The first-order valence-electron chi connectivity index (χ1n) is 10.3. The quantitative estimate of drug-likeness (QED) is 0.754. The molecule has 1 fully saturated rings. The van der Waals surface area contributed by atoms with Crippen molar-refractivity contribution in [2.24, 2.45) is 5.92 Å². The molecule has 2 aromatic rings. The van der Waals surface area contributed by atoms with E-state index in [1.807, 2.05) is 44.2 Å². The number of nitrogens with one attached hydrogen (secondary N) is 1. The monoisotopic (exact) mass is 414 g/mol. The lowest BCUT2D eigenvalue weighted by molar-refractivity contribution is -0.126. The van der Waals surface area contributed by atoms with Crippen LogP contribution in [0, 0.1) is 12.8 Å². The predicted octanol–water partition coefficient (Wildman–Crippen LogP) is 3.53. The molecule has 1 aliphatic rings. The highest BCUT2D eigenvalue weighted by Crippen LogP contribution is 2.24. The first-order chi connectivity index (χ1) is 13.9. The maximum absolute atomic E-state index is 12.8. The van der Waals surface area contributed by atoms with Gasteiger partial charge in [0.25, 0.3) is 0 Å². The van der Waals surface area contributed by atoms with Crippen LogP contribution in [0.5, 0.6) is 0 Å². The highest BCUT2D eigenvalue weighted by Gasteiger charge is 2.32. The van der Waals surface area contributed by atoms with Crippen LogP contribution in [-0.2, 0) is 21.2 Å². The molecule has 0 spiro atoms. The van der Waals surface area contributed by atoms with Crippen LogP contribution < -0.4 is 5.32 Å². The summed E-state index contributed by atoms with van der Waals surface area (Å²) < 4.78 is 27.1. The Hall–Kier alpha value is -2.18. The first kappa shape index (κ1) is 21.5. The minimum absolute atomic E-state index is 0.0398. The highest BCUT2D eigenvalue weighted by molar-refractivity contribution is 7.89. The number of hydrogen-bond acceptors (Lipinski definition) is 3. The van der Waals surface area contributed by atoms with Gasteiger partial charge in [0.05, 0.1) is 4.90 Å². The smallest absolute Gasteiger partial charge is 0.243 e. The van der Waals surface area contributed by atoms with Crippen LogP contribution in [0.4, 0.5) is 0 Å². The van der Waals surface area contributed by atoms with Gasteiger partial charge in [0.2, 0.25) is 15.9 Å².